The largest absolute Gasteiger partial charge is 0.395 e. The van der Waals surface area contributed by atoms with Gasteiger partial charge in [0.25, 0.3) is 5.91 Å². The van der Waals surface area contributed by atoms with Crippen LogP contribution in [0, 0.1) is 18.8 Å². The molecule has 1 rings (SSSR count). The van der Waals surface area contributed by atoms with Gasteiger partial charge in [-0.05, 0) is 25.5 Å². The minimum atomic E-state index is -0.930. The van der Waals surface area contributed by atoms with Gasteiger partial charge in [0, 0.05) is 35.3 Å². The van der Waals surface area contributed by atoms with Gasteiger partial charge in [-0.1, -0.05) is 11.8 Å². The number of aliphatic hydroxyl groups is 1. The summed E-state index contributed by atoms with van der Waals surface area (Å²) in [4.78, 5) is 13.5. The minimum absolute atomic E-state index is 0.0381. The Bertz CT molecular complexity index is 555. The Balaban J connectivity index is 2.73. The Morgan fingerprint density at radius 3 is 2.90 bits per heavy atom. The smallest absolute Gasteiger partial charge is 0.261 e. The molecule has 0 aromatic carbocycles. The molecule has 110 valence electrons. The van der Waals surface area contributed by atoms with Crippen molar-refractivity contribution >= 4 is 28.0 Å². The molecule has 0 saturated heterocycles. The van der Waals surface area contributed by atoms with Gasteiger partial charge in [-0.25, -0.2) is 0 Å². The van der Waals surface area contributed by atoms with Crippen molar-refractivity contribution in [2.75, 3.05) is 18.6 Å². The summed E-state index contributed by atoms with van der Waals surface area (Å²) in [5.74, 6) is 6.09. The Kier molecular flexibility index (Phi) is 6.93. The van der Waals surface area contributed by atoms with Crippen molar-refractivity contribution in [3.05, 3.63) is 21.4 Å². The molecule has 1 heterocycles. The van der Waals surface area contributed by atoms with Crippen LogP contribution in [0.2, 0.25) is 0 Å². The molecule has 6 heteroatoms. The van der Waals surface area contributed by atoms with E-state index in [1.165, 1.54) is 11.3 Å². The Morgan fingerprint density at radius 1 is 1.60 bits per heavy atom. The van der Waals surface area contributed by atoms with Crippen molar-refractivity contribution in [1.29, 1.82) is 0 Å². The zero-order chi connectivity index (χ0) is 15.1. The first-order chi connectivity index (χ1) is 9.43. The first kappa shape index (κ1) is 16.9. The van der Waals surface area contributed by atoms with Crippen LogP contribution in [0.15, 0.2) is 6.07 Å². The fraction of sp³-hybridized carbons (Fsp3) is 0.500. The van der Waals surface area contributed by atoms with Crippen LogP contribution in [-0.2, 0) is 10.8 Å². The van der Waals surface area contributed by atoms with Crippen molar-refractivity contribution in [2.24, 2.45) is 0 Å². The van der Waals surface area contributed by atoms with Crippen molar-refractivity contribution in [1.82, 2.24) is 5.32 Å². The molecule has 0 aliphatic carbocycles. The molecule has 0 spiro atoms. The molecule has 2 unspecified atom stereocenters. The second-order valence-electron chi connectivity index (χ2n) is 4.51. The van der Waals surface area contributed by atoms with E-state index in [-0.39, 0.29) is 18.6 Å². The summed E-state index contributed by atoms with van der Waals surface area (Å²) in [6, 6.07) is 1.68. The van der Waals surface area contributed by atoms with Gasteiger partial charge in [-0.3, -0.25) is 9.00 Å². The maximum Gasteiger partial charge on any atom is 0.261 e. The lowest BCUT2D eigenvalue weighted by Crippen LogP contribution is -2.35. The summed E-state index contributed by atoms with van der Waals surface area (Å²) < 4.78 is 11.1. The maximum absolute atomic E-state index is 12.0. The van der Waals surface area contributed by atoms with Gasteiger partial charge < -0.3 is 10.4 Å². The van der Waals surface area contributed by atoms with Crippen LogP contribution in [0.3, 0.4) is 0 Å². The van der Waals surface area contributed by atoms with E-state index < -0.39 is 10.8 Å². The Hall–Kier alpha value is -1.16. The standard InChI is InChI=1S/C14H19NO3S2/c1-10-8-13(19-12(10)6-4-5-7-16)14(17)15-11(2)9-20(3)18/h8,11,16H,5,7,9H2,1-3H3,(H,15,17). The first-order valence-electron chi connectivity index (χ1n) is 6.25. The maximum atomic E-state index is 12.0. The average molecular weight is 313 g/mol. The minimum Gasteiger partial charge on any atom is -0.395 e. The van der Waals surface area contributed by atoms with E-state index in [1.54, 1.807) is 12.3 Å². The number of carbonyl (C=O) groups is 1. The van der Waals surface area contributed by atoms with E-state index in [4.69, 9.17) is 5.11 Å². The summed E-state index contributed by atoms with van der Waals surface area (Å²) in [6.07, 6.45) is 2.05. The molecule has 1 aromatic heterocycles. The van der Waals surface area contributed by atoms with Crippen LogP contribution in [-0.4, -0.2) is 39.9 Å². The monoisotopic (exact) mass is 313 g/mol. The highest BCUT2D eigenvalue weighted by atomic mass is 32.2. The molecule has 2 N–H and O–H groups in total. The number of nitrogens with one attached hydrogen (secondary N) is 1. The van der Waals surface area contributed by atoms with Gasteiger partial charge in [0.2, 0.25) is 0 Å². The van der Waals surface area contributed by atoms with Gasteiger partial charge >= 0.3 is 0 Å². The molecular formula is C14H19NO3S2. The molecule has 4 nitrogen and oxygen atoms in total. The van der Waals surface area contributed by atoms with E-state index in [2.05, 4.69) is 17.2 Å². The van der Waals surface area contributed by atoms with Crippen molar-refractivity contribution in [3.63, 3.8) is 0 Å². The predicted molar refractivity (Wildman–Crippen MR) is 83.5 cm³/mol. The molecule has 1 aromatic rings. The summed E-state index contributed by atoms with van der Waals surface area (Å²) in [6.45, 7) is 3.78. The average Bonchev–Trinajstić information content (AvgIpc) is 2.70. The van der Waals surface area contributed by atoms with Gasteiger partial charge in [0.1, 0.15) is 0 Å². The number of carbonyl (C=O) groups excluding carboxylic acids is 1. The fourth-order valence-corrected chi connectivity index (χ4v) is 3.34. The third-order valence-electron chi connectivity index (χ3n) is 2.44. The summed E-state index contributed by atoms with van der Waals surface area (Å²) in [7, 11) is -0.930. The summed E-state index contributed by atoms with van der Waals surface area (Å²) in [5, 5.41) is 11.5. The van der Waals surface area contributed by atoms with E-state index in [1.807, 2.05) is 13.8 Å². The van der Waals surface area contributed by atoms with Crippen LogP contribution in [0.4, 0.5) is 0 Å². The van der Waals surface area contributed by atoms with Crippen LogP contribution in [0.5, 0.6) is 0 Å². The highest BCUT2D eigenvalue weighted by molar-refractivity contribution is 7.84. The van der Waals surface area contributed by atoms with Gasteiger partial charge in [0.15, 0.2) is 0 Å². The topological polar surface area (TPSA) is 66.4 Å². The quantitative estimate of drug-likeness (QED) is 0.805. The van der Waals surface area contributed by atoms with Gasteiger partial charge in [-0.2, -0.15) is 0 Å². The Labute approximate surface area is 126 Å². The molecule has 2 atom stereocenters. The predicted octanol–water partition coefficient (Wildman–Crippen LogP) is 1.29. The van der Waals surface area contributed by atoms with E-state index in [0.717, 1.165) is 10.4 Å². The first-order valence-corrected chi connectivity index (χ1v) is 8.79. The zero-order valence-corrected chi connectivity index (χ0v) is 13.5. The molecule has 1 amide bonds. The van der Waals surface area contributed by atoms with E-state index in [0.29, 0.717) is 17.1 Å². The van der Waals surface area contributed by atoms with Gasteiger partial charge in [0.05, 0.1) is 16.4 Å². The number of rotatable bonds is 5. The molecular weight excluding hydrogens is 294 g/mol. The van der Waals surface area contributed by atoms with Crippen LogP contribution in [0.25, 0.3) is 0 Å². The van der Waals surface area contributed by atoms with E-state index in [9.17, 15) is 9.00 Å². The third-order valence-corrected chi connectivity index (χ3v) is 4.56. The third kappa shape index (κ3) is 5.45. The van der Waals surface area contributed by atoms with Crippen molar-refractivity contribution in [2.45, 2.75) is 26.3 Å². The van der Waals surface area contributed by atoms with Crippen molar-refractivity contribution < 1.29 is 14.1 Å². The Morgan fingerprint density at radius 2 is 2.30 bits per heavy atom. The highest BCUT2D eigenvalue weighted by Gasteiger charge is 2.14. The second kappa shape index (κ2) is 8.20. The highest BCUT2D eigenvalue weighted by Crippen LogP contribution is 2.21. The number of hydrogen-bond acceptors (Lipinski definition) is 4. The zero-order valence-electron chi connectivity index (χ0n) is 11.9. The number of aryl methyl sites for hydroxylation is 1. The van der Waals surface area contributed by atoms with Crippen LogP contribution in [0.1, 0.15) is 33.5 Å². The van der Waals surface area contributed by atoms with Crippen molar-refractivity contribution in [3.8, 4) is 11.8 Å². The molecule has 20 heavy (non-hydrogen) atoms. The normalized spacial score (nSPS) is 13.2. The van der Waals surface area contributed by atoms with E-state index >= 15 is 0 Å². The molecule has 0 aliphatic heterocycles. The molecule has 0 radical (unpaired) electrons. The summed E-state index contributed by atoms with van der Waals surface area (Å²) in [5.41, 5.74) is 0.956. The number of amides is 1. The molecule has 0 saturated carbocycles. The molecule has 0 aliphatic rings. The van der Waals surface area contributed by atoms with Crippen LogP contribution >= 0.6 is 11.3 Å². The van der Waals surface area contributed by atoms with Gasteiger partial charge in [-0.15, -0.1) is 11.3 Å². The fourth-order valence-electron chi connectivity index (χ4n) is 1.61. The lowest BCUT2D eigenvalue weighted by atomic mass is 10.2. The second-order valence-corrected chi connectivity index (χ2v) is 7.04. The number of thiophene rings is 1. The summed E-state index contributed by atoms with van der Waals surface area (Å²) >= 11 is 1.34. The SMILES string of the molecule is Cc1cc(C(=O)NC(C)CS(C)=O)sc1C#CCCO. The number of hydrogen-bond donors (Lipinski definition) is 2. The lowest BCUT2D eigenvalue weighted by Gasteiger charge is -2.10. The molecule has 0 bridgehead atoms. The molecule has 0 fully saturated rings. The number of aliphatic hydroxyl groups excluding tert-OH is 1. The lowest BCUT2D eigenvalue weighted by molar-refractivity contribution is 0.0947. The van der Waals surface area contributed by atoms with Crippen LogP contribution < -0.4 is 5.32 Å².